The van der Waals surface area contributed by atoms with Crippen molar-refractivity contribution in [2.75, 3.05) is 0 Å². The van der Waals surface area contributed by atoms with Crippen LogP contribution in [0, 0.1) is 5.92 Å². The summed E-state index contributed by atoms with van der Waals surface area (Å²) in [4.78, 5) is 22.3. The monoisotopic (exact) mass is 200 g/mol. The summed E-state index contributed by atoms with van der Waals surface area (Å²) in [6.07, 6.45) is 2.26. The van der Waals surface area contributed by atoms with E-state index in [2.05, 4.69) is 0 Å². The molecular weight excluding hydrogens is 184 g/mol. The lowest BCUT2D eigenvalue weighted by atomic mass is 9.89. The molecule has 2 unspecified atom stereocenters. The van der Waals surface area contributed by atoms with Crippen molar-refractivity contribution in [1.82, 2.24) is 0 Å². The lowest BCUT2D eigenvalue weighted by Gasteiger charge is -2.20. The van der Waals surface area contributed by atoms with E-state index >= 15 is 0 Å². The standard InChI is InChI=1S/C10H16O4/c1-3-5-7-6-10(4-2,9(12)13)14-8(7)11/h7H,3-6H2,1-2H3,(H,12,13). The number of hydrogen-bond donors (Lipinski definition) is 1. The number of esters is 1. The summed E-state index contributed by atoms with van der Waals surface area (Å²) >= 11 is 0. The molecule has 1 aliphatic rings. The van der Waals surface area contributed by atoms with E-state index in [4.69, 9.17) is 9.84 Å². The van der Waals surface area contributed by atoms with Crippen molar-refractivity contribution < 1.29 is 19.4 Å². The van der Waals surface area contributed by atoms with Gasteiger partial charge in [-0.2, -0.15) is 0 Å². The van der Waals surface area contributed by atoms with E-state index in [1.807, 2.05) is 6.92 Å². The Balaban J connectivity index is 2.77. The first-order valence-corrected chi connectivity index (χ1v) is 5.02. The Labute approximate surface area is 83.2 Å². The van der Waals surface area contributed by atoms with Gasteiger partial charge in [-0.05, 0) is 12.8 Å². The first-order valence-electron chi connectivity index (χ1n) is 5.02. The average Bonchev–Trinajstić information content (AvgIpc) is 2.45. The molecule has 0 radical (unpaired) electrons. The van der Waals surface area contributed by atoms with Gasteiger partial charge in [-0.3, -0.25) is 4.79 Å². The van der Waals surface area contributed by atoms with E-state index in [1.165, 1.54) is 0 Å². The van der Waals surface area contributed by atoms with Crippen LogP contribution in [0.2, 0.25) is 0 Å². The van der Waals surface area contributed by atoms with Crippen LogP contribution in [0.5, 0.6) is 0 Å². The minimum atomic E-state index is -1.25. The van der Waals surface area contributed by atoms with Crippen LogP contribution in [0.15, 0.2) is 0 Å². The highest BCUT2D eigenvalue weighted by Crippen LogP contribution is 2.36. The Morgan fingerprint density at radius 2 is 2.29 bits per heavy atom. The largest absolute Gasteiger partial charge is 0.478 e. The van der Waals surface area contributed by atoms with Gasteiger partial charge in [0.15, 0.2) is 0 Å². The Kier molecular flexibility index (Phi) is 3.13. The summed E-state index contributed by atoms with van der Waals surface area (Å²) in [5.41, 5.74) is -1.25. The predicted octanol–water partition coefficient (Wildman–Crippen LogP) is 1.58. The third-order valence-corrected chi connectivity index (χ3v) is 2.80. The van der Waals surface area contributed by atoms with E-state index in [9.17, 15) is 9.59 Å². The number of carboxylic acids is 1. The summed E-state index contributed by atoms with van der Waals surface area (Å²) in [5.74, 6) is -1.60. The molecule has 14 heavy (non-hydrogen) atoms. The van der Waals surface area contributed by atoms with Gasteiger partial charge in [0.05, 0.1) is 5.92 Å². The highest BCUT2D eigenvalue weighted by molar-refractivity contribution is 5.86. The Morgan fingerprint density at radius 1 is 1.64 bits per heavy atom. The number of cyclic esters (lactones) is 1. The number of aliphatic carboxylic acids is 1. The van der Waals surface area contributed by atoms with Crippen LogP contribution < -0.4 is 0 Å². The van der Waals surface area contributed by atoms with Gasteiger partial charge in [-0.15, -0.1) is 0 Å². The van der Waals surface area contributed by atoms with Gasteiger partial charge in [0.1, 0.15) is 0 Å². The van der Waals surface area contributed by atoms with Crippen LogP contribution in [0.1, 0.15) is 39.5 Å². The van der Waals surface area contributed by atoms with E-state index in [0.717, 1.165) is 6.42 Å². The molecule has 0 bridgehead atoms. The minimum absolute atomic E-state index is 0.226. The van der Waals surface area contributed by atoms with E-state index in [0.29, 0.717) is 19.3 Å². The number of carboxylic acid groups (broad SMARTS) is 1. The molecule has 0 amide bonds. The van der Waals surface area contributed by atoms with Crippen LogP contribution >= 0.6 is 0 Å². The average molecular weight is 200 g/mol. The number of rotatable bonds is 4. The molecular formula is C10H16O4. The van der Waals surface area contributed by atoms with Gasteiger partial charge in [-0.1, -0.05) is 20.3 Å². The van der Waals surface area contributed by atoms with Crippen molar-refractivity contribution in [3.05, 3.63) is 0 Å². The number of ether oxygens (including phenoxy) is 1. The topological polar surface area (TPSA) is 63.6 Å². The molecule has 1 aliphatic heterocycles. The highest BCUT2D eigenvalue weighted by Gasteiger charge is 2.50. The summed E-state index contributed by atoms with van der Waals surface area (Å²) < 4.78 is 4.99. The SMILES string of the molecule is CCCC1CC(CC)(C(=O)O)OC1=O. The molecule has 4 nitrogen and oxygen atoms in total. The maximum absolute atomic E-state index is 11.4. The first-order chi connectivity index (χ1) is 6.55. The normalized spacial score (nSPS) is 31.6. The van der Waals surface area contributed by atoms with Crippen molar-refractivity contribution in [2.45, 2.75) is 45.1 Å². The summed E-state index contributed by atoms with van der Waals surface area (Å²) in [6, 6.07) is 0. The van der Waals surface area contributed by atoms with E-state index in [-0.39, 0.29) is 11.9 Å². The fourth-order valence-electron chi connectivity index (χ4n) is 1.87. The van der Waals surface area contributed by atoms with Gasteiger partial charge >= 0.3 is 11.9 Å². The van der Waals surface area contributed by atoms with Gasteiger partial charge < -0.3 is 9.84 Å². The lowest BCUT2D eigenvalue weighted by Crippen LogP contribution is -2.37. The van der Waals surface area contributed by atoms with Crippen LogP contribution in [-0.4, -0.2) is 22.6 Å². The number of carbonyl (C=O) groups is 2. The molecule has 80 valence electrons. The Hall–Kier alpha value is -1.06. The molecule has 4 heteroatoms. The third kappa shape index (κ3) is 1.74. The smallest absolute Gasteiger partial charge is 0.348 e. The van der Waals surface area contributed by atoms with Crippen LogP contribution in [0.3, 0.4) is 0 Å². The van der Waals surface area contributed by atoms with Crippen LogP contribution in [-0.2, 0) is 14.3 Å². The maximum Gasteiger partial charge on any atom is 0.348 e. The molecule has 1 N–H and O–H groups in total. The van der Waals surface area contributed by atoms with Gasteiger partial charge in [0, 0.05) is 6.42 Å². The summed E-state index contributed by atoms with van der Waals surface area (Å²) in [5, 5.41) is 8.99. The molecule has 0 aliphatic carbocycles. The second-order valence-corrected chi connectivity index (χ2v) is 3.76. The highest BCUT2D eigenvalue weighted by atomic mass is 16.6. The van der Waals surface area contributed by atoms with Crippen molar-refractivity contribution >= 4 is 11.9 Å². The predicted molar refractivity (Wildman–Crippen MR) is 49.8 cm³/mol. The molecule has 0 aromatic heterocycles. The fraction of sp³-hybridized carbons (Fsp3) is 0.800. The zero-order chi connectivity index (χ0) is 10.8. The Bertz CT molecular complexity index is 249. The quantitative estimate of drug-likeness (QED) is 0.700. The summed E-state index contributed by atoms with van der Waals surface area (Å²) in [7, 11) is 0. The molecule has 0 spiro atoms. The van der Waals surface area contributed by atoms with Crippen LogP contribution in [0.4, 0.5) is 0 Å². The molecule has 0 aromatic carbocycles. The second-order valence-electron chi connectivity index (χ2n) is 3.76. The molecule has 0 saturated carbocycles. The molecule has 2 atom stereocenters. The molecule has 1 fully saturated rings. The van der Waals surface area contributed by atoms with Gasteiger partial charge in [0.25, 0.3) is 0 Å². The number of carbonyl (C=O) groups excluding carboxylic acids is 1. The molecule has 1 saturated heterocycles. The fourth-order valence-corrected chi connectivity index (χ4v) is 1.87. The third-order valence-electron chi connectivity index (χ3n) is 2.80. The van der Waals surface area contributed by atoms with Crippen molar-refractivity contribution in [3.63, 3.8) is 0 Å². The zero-order valence-electron chi connectivity index (χ0n) is 8.58. The van der Waals surface area contributed by atoms with Crippen molar-refractivity contribution in [1.29, 1.82) is 0 Å². The zero-order valence-corrected chi connectivity index (χ0v) is 8.58. The Morgan fingerprint density at radius 3 is 2.64 bits per heavy atom. The van der Waals surface area contributed by atoms with Crippen molar-refractivity contribution in [3.8, 4) is 0 Å². The molecule has 0 aromatic rings. The number of hydrogen-bond acceptors (Lipinski definition) is 3. The van der Waals surface area contributed by atoms with Crippen LogP contribution in [0.25, 0.3) is 0 Å². The van der Waals surface area contributed by atoms with E-state index in [1.54, 1.807) is 6.92 Å². The minimum Gasteiger partial charge on any atom is -0.478 e. The molecule has 1 rings (SSSR count). The lowest BCUT2D eigenvalue weighted by molar-refractivity contribution is -0.170. The second kappa shape index (κ2) is 3.98. The first kappa shape index (κ1) is 11.0. The van der Waals surface area contributed by atoms with Gasteiger partial charge in [0.2, 0.25) is 5.60 Å². The van der Waals surface area contributed by atoms with Crippen molar-refractivity contribution in [2.24, 2.45) is 5.92 Å². The van der Waals surface area contributed by atoms with Gasteiger partial charge in [-0.25, -0.2) is 4.79 Å². The van der Waals surface area contributed by atoms with E-state index < -0.39 is 11.6 Å². The summed E-state index contributed by atoms with van der Waals surface area (Å²) in [6.45, 7) is 3.70. The maximum atomic E-state index is 11.4. The molecule has 1 heterocycles.